The van der Waals surface area contributed by atoms with E-state index in [2.05, 4.69) is 135 Å². The van der Waals surface area contributed by atoms with Gasteiger partial charge in [-0.15, -0.1) is 0 Å². The summed E-state index contributed by atoms with van der Waals surface area (Å²) < 4.78 is -0.208. The van der Waals surface area contributed by atoms with E-state index in [1.165, 1.54) is 22.3 Å². The SMILES string of the molecule is CCC(SSSC(CC)(c1ccccc1)c1ccccc1)(c1ccccc1)c1ccccc1. The predicted octanol–water partition coefficient (Wildman–Crippen LogP) is 9.72. The predicted molar refractivity (Wildman–Crippen MR) is 151 cm³/mol. The maximum atomic E-state index is 2.31. The third kappa shape index (κ3) is 5.06. The summed E-state index contributed by atoms with van der Waals surface area (Å²) in [6.07, 6.45) is 2.05. The van der Waals surface area contributed by atoms with Crippen molar-refractivity contribution in [2.45, 2.75) is 36.2 Å². The van der Waals surface area contributed by atoms with Gasteiger partial charge < -0.3 is 0 Å². The molecular formula is C30H30S3. The lowest BCUT2D eigenvalue weighted by Gasteiger charge is -2.36. The molecule has 0 aromatic heterocycles. The Labute approximate surface area is 210 Å². The summed E-state index contributed by atoms with van der Waals surface area (Å²) in [6.45, 7) is 4.61. The maximum absolute atomic E-state index is 2.31. The topological polar surface area (TPSA) is 0 Å². The molecule has 4 aromatic rings. The Hall–Kier alpha value is -2.07. The molecule has 0 N–H and O–H groups in total. The van der Waals surface area contributed by atoms with Crippen LogP contribution in [0.1, 0.15) is 48.9 Å². The Morgan fingerprint density at radius 3 is 0.879 bits per heavy atom. The Morgan fingerprint density at radius 2 is 0.667 bits per heavy atom. The molecule has 0 saturated carbocycles. The molecule has 0 atom stereocenters. The Kier molecular flexibility index (Phi) is 8.29. The Balaban J connectivity index is 1.70. The normalized spacial score (nSPS) is 11.9. The molecule has 0 heterocycles. The molecule has 0 nitrogen and oxygen atoms in total. The van der Waals surface area contributed by atoms with Crippen molar-refractivity contribution in [3.8, 4) is 0 Å². The molecule has 3 heteroatoms. The fraction of sp³-hybridized carbons (Fsp3) is 0.200. The molecule has 0 bridgehead atoms. The number of benzene rings is 4. The molecule has 0 aliphatic carbocycles. The average molecular weight is 487 g/mol. The monoisotopic (exact) mass is 486 g/mol. The fourth-order valence-electron chi connectivity index (χ4n) is 4.42. The molecule has 0 radical (unpaired) electrons. The average Bonchev–Trinajstić information content (AvgIpc) is 2.91. The molecule has 0 spiro atoms. The van der Waals surface area contributed by atoms with Crippen LogP contribution < -0.4 is 0 Å². The van der Waals surface area contributed by atoms with E-state index in [1.54, 1.807) is 0 Å². The minimum absolute atomic E-state index is 0.104. The highest BCUT2D eigenvalue weighted by molar-refractivity contribution is 9.09. The highest BCUT2D eigenvalue weighted by atomic mass is 33.5. The van der Waals surface area contributed by atoms with Gasteiger partial charge >= 0.3 is 0 Å². The lowest BCUT2D eigenvalue weighted by Crippen LogP contribution is -2.23. The first kappa shape index (κ1) is 24.1. The molecule has 0 fully saturated rings. The fourth-order valence-corrected chi connectivity index (χ4v) is 10.9. The molecule has 0 aliphatic rings. The molecule has 0 amide bonds. The highest BCUT2D eigenvalue weighted by Crippen LogP contribution is 2.61. The van der Waals surface area contributed by atoms with Gasteiger partial charge in [0.15, 0.2) is 0 Å². The van der Waals surface area contributed by atoms with Gasteiger partial charge in [0.2, 0.25) is 0 Å². The number of hydrogen-bond donors (Lipinski definition) is 0. The summed E-state index contributed by atoms with van der Waals surface area (Å²) >= 11 is 0. The standard InChI is InChI=1S/C30H30S3/c1-3-29(25-17-9-5-10-18-25,26-19-11-6-12-20-26)31-33-32-30(4-2,27-21-13-7-14-22-27)28-23-15-8-16-24-28/h5-24H,3-4H2,1-2H3. The van der Waals surface area contributed by atoms with Crippen LogP contribution in [0.5, 0.6) is 0 Å². The van der Waals surface area contributed by atoms with Gasteiger partial charge in [0.25, 0.3) is 0 Å². The van der Waals surface area contributed by atoms with E-state index in [9.17, 15) is 0 Å². The van der Waals surface area contributed by atoms with E-state index >= 15 is 0 Å². The Bertz CT molecular complexity index is 926. The summed E-state index contributed by atoms with van der Waals surface area (Å²) in [4.78, 5) is 0. The molecule has 168 valence electrons. The minimum atomic E-state index is -0.104. The molecule has 4 aromatic carbocycles. The largest absolute Gasteiger partial charge is 0.0766 e. The first-order chi connectivity index (χ1) is 16.2. The second kappa shape index (κ2) is 11.4. The van der Waals surface area contributed by atoms with Gasteiger partial charge in [-0.3, -0.25) is 0 Å². The second-order valence-electron chi connectivity index (χ2n) is 8.06. The molecule has 33 heavy (non-hydrogen) atoms. The lowest BCUT2D eigenvalue weighted by molar-refractivity contribution is 0.714. The quantitative estimate of drug-likeness (QED) is 0.205. The van der Waals surface area contributed by atoms with Crippen LogP contribution in [0.25, 0.3) is 0 Å². The van der Waals surface area contributed by atoms with E-state index in [1.807, 2.05) is 31.4 Å². The van der Waals surface area contributed by atoms with Gasteiger partial charge in [-0.25, -0.2) is 0 Å². The van der Waals surface area contributed by atoms with Gasteiger partial charge in [-0.05, 0) is 44.9 Å². The molecule has 0 unspecified atom stereocenters. The minimum Gasteiger partial charge on any atom is -0.0660 e. The van der Waals surface area contributed by atoms with Crippen LogP contribution in [0, 0.1) is 0 Å². The summed E-state index contributed by atoms with van der Waals surface area (Å²) in [5.41, 5.74) is 5.44. The van der Waals surface area contributed by atoms with Crippen molar-refractivity contribution in [1.82, 2.24) is 0 Å². The number of rotatable bonds is 10. The molecule has 0 saturated heterocycles. The molecule has 4 rings (SSSR count). The van der Waals surface area contributed by atoms with Crippen molar-refractivity contribution >= 4 is 31.4 Å². The van der Waals surface area contributed by atoms with E-state index in [0.717, 1.165) is 12.8 Å². The summed E-state index contributed by atoms with van der Waals surface area (Å²) in [5, 5.41) is 0. The van der Waals surface area contributed by atoms with Crippen LogP contribution in [-0.2, 0) is 9.49 Å². The van der Waals surface area contributed by atoms with Crippen LogP contribution in [-0.4, -0.2) is 0 Å². The third-order valence-corrected chi connectivity index (χ3v) is 11.9. The zero-order chi connectivity index (χ0) is 23.0. The smallest absolute Gasteiger partial charge is 0.0660 e. The summed E-state index contributed by atoms with van der Waals surface area (Å²) in [5.74, 6) is 0. The van der Waals surface area contributed by atoms with Crippen LogP contribution >= 0.6 is 31.4 Å². The van der Waals surface area contributed by atoms with Crippen molar-refractivity contribution in [3.05, 3.63) is 144 Å². The third-order valence-electron chi connectivity index (χ3n) is 6.31. The van der Waals surface area contributed by atoms with Crippen LogP contribution in [0.2, 0.25) is 0 Å². The van der Waals surface area contributed by atoms with E-state index in [4.69, 9.17) is 0 Å². The van der Waals surface area contributed by atoms with Gasteiger partial charge in [0.05, 0.1) is 9.49 Å². The zero-order valence-electron chi connectivity index (χ0n) is 19.2. The van der Waals surface area contributed by atoms with E-state index in [0.29, 0.717) is 0 Å². The van der Waals surface area contributed by atoms with Crippen molar-refractivity contribution in [2.75, 3.05) is 0 Å². The van der Waals surface area contributed by atoms with Crippen molar-refractivity contribution in [3.63, 3.8) is 0 Å². The highest BCUT2D eigenvalue weighted by Gasteiger charge is 2.38. The van der Waals surface area contributed by atoms with Crippen molar-refractivity contribution in [1.29, 1.82) is 0 Å². The van der Waals surface area contributed by atoms with Crippen LogP contribution in [0.3, 0.4) is 0 Å². The van der Waals surface area contributed by atoms with Crippen LogP contribution in [0.4, 0.5) is 0 Å². The van der Waals surface area contributed by atoms with Crippen molar-refractivity contribution in [2.24, 2.45) is 0 Å². The molecule has 0 aliphatic heterocycles. The lowest BCUT2D eigenvalue weighted by atomic mass is 9.88. The maximum Gasteiger partial charge on any atom is 0.0766 e. The zero-order valence-corrected chi connectivity index (χ0v) is 21.6. The van der Waals surface area contributed by atoms with Crippen LogP contribution in [0.15, 0.2) is 121 Å². The summed E-state index contributed by atoms with van der Waals surface area (Å²) in [6, 6.07) is 43.9. The van der Waals surface area contributed by atoms with Gasteiger partial charge in [0, 0.05) is 0 Å². The first-order valence-electron chi connectivity index (χ1n) is 11.5. The van der Waals surface area contributed by atoms with Crippen molar-refractivity contribution < 1.29 is 0 Å². The molecular weight excluding hydrogens is 457 g/mol. The van der Waals surface area contributed by atoms with E-state index in [-0.39, 0.29) is 9.49 Å². The van der Waals surface area contributed by atoms with Gasteiger partial charge in [0.1, 0.15) is 0 Å². The van der Waals surface area contributed by atoms with Gasteiger partial charge in [-0.1, -0.05) is 157 Å². The summed E-state index contributed by atoms with van der Waals surface area (Å²) in [7, 11) is 5.90. The Morgan fingerprint density at radius 1 is 0.424 bits per heavy atom. The van der Waals surface area contributed by atoms with Gasteiger partial charge in [-0.2, -0.15) is 0 Å². The number of hydrogen-bond acceptors (Lipinski definition) is 3. The second-order valence-corrected chi connectivity index (χ2v) is 12.6. The van der Waals surface area contributed by atoms with E-state index < -0.39 is 0 Å². The first-order valence-corrected chi connectivity index (χ1v) is 15.0.